The summed E-state index contributed by atoms with van der Waals surface area (Å²) in [4.78, 5) is 24.4. The van der Waals surface area contributed by atoms with Gasteiger partial charge in [-0.15, -0.1) is 0 Å². The number of unbranched alkanes of at least 4 members (excludes halogenated alkanes) is 1. The molecule has 1 amide bonds. The number of hydrogen-bond acceptors (Lipinski definition) is 4. The maximum Gasteiger partial charge on any atom is 0.279 e. The number of hydrogen-bond donors (Lipinski definition) is 2. The second-order valence-electron chi connectivity index (χ2n) is 6.81. The van der Waals surface area contributed by atoms with Crippen LogP contribution < -0.4 is 15.1 Å². The summed E-state index contributed by atoms with van der Waals surface area (Å²) in [6.45, 7) is 6.28. The number of benzene rings is 1. The SMILES string of the molecule is CCCCc1ccc(NC(=O)C[NH+]2CCN(c3ncccn3)CC2)cc1. The van der Waals surface area contributed by atoms with Crippen LogP contribution in [-0.4, -0.2) is 48.6 Å². The summed E-state index contributed by atoms with van der Waals surface area (Å²) in [5.41, 5.74) is 2.21. The van der Waals surface area contributed by atoms with Gasteiger partial charge in [0.2, 0.25) is 5.95 Å². The summed E-state index contributed by atoms with van der Waals surface area (Å²) in [6.07, 6.45) is 7.04. The topological polar surface area (TPSA) is 62.6 Å². The average Bonchev–Trinajstić information content (AvgIpc) is 2.69. The van der Waals surface area contributed by atoms with Gasteiger partial charge in [-0.1, -0.05) is 25.5 Å². The Labute approximate surface area is 155 Å². The lowest BCUT2D eigenvalue weighted by molar-refractivity contribution is -0.892. The number of nitrogens with one attached hydrogen (secondary N) is 2. The normalized spacial score (nSPS) is 15.0. The first-order chi connectivity index (χ1) is 12.7. The van der Waals surface area contributed by atoms with Gasteiger partial charge in [-0.2, -0.15) is 0 Å². The van der Waals surface area contributed by atoms with Crippen molar-refractivity contribution in [3.63, 3.8) is 0 Å². The van der Waals surface area contributed by atoms with Gasteiger partial charge >= 0.3 is 0 Å². The molecule has 0 bridgehead atoms. The highest BCUT2D eigenvalue weighted by Crippen LogP contribution is 2.11. The Morgan fingerprint density at radius 1 is 1.15 bits per heavy atom. The Hall–Kier alpha value is -2.47. The van der Waals surface area contributed by atoms with Gasteiger partial charge in [0.25, 0.3) is 5.91 Å². The molecule has 0 radical (unpaired) electrons. The molecule has 1 fully saturated rings. The zero-order valence-electron chi connectivity index (χ0n) is 15.4. The number of carbonyl (C=O) groups is 1. The molecule has 138 valence electrons. The fourth-order valence-electron chi connectivity index (χ4n) is 3.22. The van der Waals surface area contributed by atoms with Crippen LogP contribution in [0.15, 0.2) is 42.7 Å². The summed E-state index contributed by atoms with van der Waals surface area (Å²) in [7, 11) is 0. The lowest BCUT2D eigenvalue weighted by atomic mass is 10.1. The highest BCUT2D eigenvalue weighted by Gasteiger charge is 2.23. The maximum absolute atomic E-state index is 12.3. The quantitative estimate of drug-likeness (QED) is 0.783. The summed E-state index contributed by atoms with van der Waals surface area (Å²) < 4.78 is 0. The number of aryl methyl sites for hydroxylation is 1. The van der Waals surface area contributed by atoms with Crippen LogP contribution in [0.25, 0.3) is 0 Å². The summed E-state index contributed by atoms with van der Waals surface area (Å²) in [5.74, 6) is 0.852. The molecule has 0 unspecified atom stereocenters. The number of rotatable bonds is 7. The van der Waals surface area contributed by atoms with Crippen molar-refractivity contribution in [2.75, 3.05) is 42.9 Å². The van der Waals surface area contributed by atoms with E-state index in [0.717, 1.165) is 44.2 Å². The molecule has 6 nitrogen and oxygen atoms in total. The predicted octanol–water partition coefficient (Wildman–Crippen LogP) is 1.16. The largest absolute Gasteiger partial charge is 0.330 e. The van der Waals surface area contributed by atoms with E-state index in [9.17, 15) is 4.79 Å². The lowest BCUT2D eigenvalue weighted by Gasteiger charge is -2.31. The first-order valence-corrected chi connectivity index (χ1v) is 9.49. The molecule has 6 heteroatoms. The van der Waals surface area contributed by atoms with Gasteiger partial charge < -0.3 is 15.1 Å². The molecule has 1 aliphatic rings. The maximum atomic E-state index is 12.3. The number of nitrogens with zero attached hydrogens (tertiary/aromatic N) is 3. The third-order valence-electron chi connectivity index (χ3n) is 4.77. The highest BCUT2D eigenvalue weighted by atomic mass is 16.2. The number of anilines is 2. The molecule has 3 rings (SSSR count). The van der Waals surface area contributed by atoms with Crippen molar-refractivity contribution in [1.82, 2.24) is 9.97 Å². The first-order valence-electron chi connectivity index (χ1n) is 9.49. The third-order valence-corrected chi connectivity index (χ3v) is 4.77. The molecule has 1 aromatic carbocycles. The van der Waals surface area contributed by atoms with Crippen LogP contribution in [0.5, 0.6) is 0 Å². The fourth-order valence-corrected chi connectivity index (χ4v) is 3.22. The van der Waals surface area contributed by atoms with E-state index < -0.39 is 0 Å². The minimum Gasteiger partial charge on any atom is -0.330 e. The smallest absolute Gasteiger partial charge is 0.279 e. The Morgan fingerprint density at radius 3 is 2.50 bits per heavy atom. The van der Waals surface area contributed by atoms with Crippen molar-refractivity contribution in [1.29, 1.82) is 0 Å². The summed E-state index contributed by atoms with van der Waals surface area (Å²) in [5, 5.41) is 3.02. The van der Waals surface area contributed by atoms with Crippen LogP contribution in [0.1, 0.15) is 25.3 Å². The van der Waals surface area contributed by atoms with E-state index >= 15 is 0 Å². The van der Waals surface area contributed by atoms with E-state index in [4.69, 9.17) is 0 Å². The number of carbonyl (C=O) groups excluding carboxylic acids is 1. The van der Waals surface area contributed by atoms with Crippen LogP contribution in [0, 0.1) is 0 Å². The summed E-state index contributed by atoms with van der Waals surface area (Å²) >= 11 is 0. The minimum absolute atomic E-state index is 0.0747. The van der Waals surface area contributed by atoms with Gasteiger partial charge in [0.1, 0.15) is 0 Å². The number of quaternary nitrogens is 1. The zero-order chi connectivity index (χ0) is 18.2. The monoisotopic (exact) mass is 354 g/mol. The molecule has 1 saturated heterocycles. The van der Waals surface area contributed by atoms with E-state index in [2.05, 4.69) is 39.2 Å². The van der Waals surface area contributed by atoms with Gasteiger partial charge in [-0.25, -0.2) is 9.97 Å². The molecule has 26 heavy (non-hydrogen) atoms. The highest BCUT2D eigenvalue weighted by molar-refractivity contribution is 5.91. The molecule has 1 aromatic heterocycles. The molecule has 0 aliphatic carbocycles. The Morgan fingerprint density at radius 2 is 1.85 bits per heavy atom. The van der Waals surface area contributed by atoms with Crippen molar-refractivity contribution in [2.24, 2.45) is 0 Å². The minimum atomic E-state index is 0.0747. The second-order valence-corrected chi connectivity index (χ2v) is 6.81. The number of aromatic nitrogens is 2. The molecule has 0 saturated carbocycles. The fraction of sp³-hybridized carbons (Fsp3) is 0.450. The van der Waals surface area contributed by atoms with Crippen molar-refractivity contribution in [3.05, 3.63) is 48.3 Å². The van der Waals surface area contributed by atoms with Crippen LogP contribution >= 0.6 is 0 Å². The van der Waals surface area contributed by atoms with Gasteiger partial charge in [-0.05, 0) is 36.6 Å². The second kappa shape index (κ2) is 9.29. The molecular formula is C20H28N5O+. The third kappa shape index (κ3) is 5.26. The van der Waals surface area contributed by atoms with Crippen molar-refractivity contribution in [2.45, 2.75) is 26.2 Å². The van der Waals surface area contributed by atoms with E-state index in [0.29, 0.717) is 6.54 Å². The van der Waals surface area contributed by atoms with E-state index in [1.165, 1.54) is 23.3 Å². The molecule has 2 N–H and O–H groups in total. The number of piperazine rings is 1. The average molecular weight is 354 g/mol. The molecule has 1 aliphatic heterocycles. The molecular weight excluding hydrogens is 326 g/mol. The van der Waals surface area contributed by atoms with Gasteiger partial charge in [0.15, 0.2) is 6.54 Å². The lowest BCUT2D eigenvalue weighted by Crippen LogP contribution is -3.15. The van der Waals surface area contributed by atoms with Gasteiger partial charge in [-0.3, -0.25) is 4.79 Å². The molecule has 0 atom stereocenters. The van der Waals surface area contributed by atoms with Crippen LogP contribution in [0.2, 0.25) is 0 Å². The predicted molar refractivity (Wildman–Crippen MR) is 103 cm³/mol. The van der Waals surface area contributed by atoms with Gasteiger partial charge in [0.05, 0.1) is 26.2 Å². The number of amides is 1. The van der Waals surface area contributed by atoms with Crippen molar-refractivity contribution in [3.8, 4) is 0 Å². The Balaban J connectivity index is 1.43. The van der Waals surface area contributed by atoms with E-state index in [1.807, 2.05) is 18.2 Å². The molecule has 0 spiro atoms. The Kier molecular flexibility index (Phi) is 6.55. The Bertz CT molecular complexity index is 681. The van der Waals surface area contributed by atoms with Crippen molar-refractivity contribution >= 4 is 17.5 Å². The molecule has 2 aromatic rings. The molecule has 2 heterocycles. The standard InChI is InChI=1S/C20H27N5O/c1-2-3-5-17-6-8-18(9-7-17)23-19(26)16-24-12-14-25(15-13-24)20-21-10-4-11-22-20/h4,6-11H,2-3,5,12-16H2,1H3,(H,23,26)/p+1. The van der Waals surface area contributed by atoms with E-state index in [1.54, 1.807) is 12.4 Å². The summed E-state index contributed by atoms with van der Waals surface area (Å²) in [6, 6.07) is 10.0. The first kappa shape index (κ1) is 18.3. The van der Waals surface area contributed by atoms with Crippen molar-refractivity contribution < 1.29 is 9.69 Å². The van der Waals surface area contributed by atoms with Crippen LogP contribution in [0.3, 0.4) is 0 Å². The zero-order valence-corrected chi connectivity index (χ0v) is 15.4. The van der Waals surface area contributed by atoms with Gasteiger partial charge in [0, 0.05) is 18.1 Å². The van der Waals surface area contributed by atoms with Crippen LogP contribution in [0.4, 0.5) is 11.6 Å². The van der Waals surface area contributed by atoms with E-state index in [-0.39, 0.29) is 5.91 Å². The van der Waals surface area contributed by atoms with Crippen LogP contribution in [-0.2, 0) is 11.2 Å².